The molecule has 20 heavy (non-hydrogen) atoms. The number of hydrogen-bond donors (Lipinski definition) is 0. The van der Waals surface area contributed by atoms with Crippen molar-refractivity contribution in [1.29, 1.82) is 0 Å². The van der Waals surface area contributed by atoms with Gasteiger partial charge in [-0.05, 0) is 6.92 Å². The van der Waals surface area contributed by atoms with Crippen molar-refractivity contribution in [1.82, 2.24) is 19.7 Å². The summed E-state index contributed by atoms with van der Waals surface area (Å²) in [6, 6.07) is 10.3. The Labute approximate surface area is 125 Å². The molecule has 0 atom stereocenters. The molecule has 0 aliphatic carbocycles. The smallest absolute Gasteiger partial charge is 0.191 e. The second kappa shape index (κ2) is 5.76. The van der Waals surface area contributed by atoms with Gasteiger partial charge in [-0.1, -0.05) is 42.1 Å². The van der Waals surface area contributed by atoms with Crippen molar-refractivity contribution in [3.05, 3.63) is 47.2 Å². The van der Waals surface area contributed by atoms with Crippen LogP contribution < -0.4 is 0 Å². The molecule has 102 valence electrons. The fourth-order valence-corrected chi connectivity index (χ4v) is 3.52. The highest BCUT2D eigenvalue weighted by molar-refractivity contribution is 7.98. The Morgan fingerprint density at radius 2 is 2.00 bits per heavy atom. The van der Waals surface area contributed by atoms with E-state index in [1.165, 1.54) is 5.56 Å². The van der Waals surface area contributed by atoms with E-state index in [4.69, 9.17) is 0 Å². The highest BCUT2D eigenvalue weighted by Crippen LogP contribution is 2.27. The molecule has 3 aromatic rings. The van der Waals surface area contributed by atoms with E-state index in [9.17, 15) is 0 Å². The standard InChI is InChI=1S/C14H14N4S2/c1-10-16-17-14(18(10)2)20-9-12-8-19-13(15-12)11-6-4-3-5-7-11/h3-8H,9H2,1-2H3. The van der Waals surface area contributed by atoms with E-state index >= 15 is 0 Å². The normalized spacial score (nSPS) is 10.9. The summed E-state index contributed by atoms with van der Waals surface area (Å²) in [6.07, 6.45) is 0. The molecule has 1 aromatic carbocycles. The number of aromatic nitrogens is 4. The number of benzene rings is 1. The van der Waals surface area contributed by atoms with Gasteiger partial charge in [0.2, 0.25) is 0 Å². The first-order valence-electron chi connectivity index (χ1n) is 6.22. The van der Waals surface area contributed by atoms with Gasteiger partial charge in [0.1, 0.15) is 10.8 Å². The van der Waals surface area contributed by atoms with Crippen LogP contribution in [0.15, 0.2) is 40.9 Å². The van der Waals surface area contributed by atoms with Gasteiger partial charge < -0.3 is 4.57 Å². The quantitative estimate of drug-likeness (QED) is 0.691. The third kappa shape index (κ3) is 2.76. The molecule has 0 unspecified atom stereocenters. The molecule has 0 aliphatic heterocycles. The molecule has 2 aromatic heterocycles. The fourth-order valence-electron chi connectivity index (χ4n) is 1.74. The lowest BCUT2D eigenvalue weighted by Crippen LogP contribution is -1.93. The summed E-state index contributed by atoms with van der Waals surface area (Å²) in [5.41, 5.74) is 2.25. The highest BCUT2D eigenvalue weighted by atomic mass is 32.2. The van der Waals surface area contributed by atoms with Gasteiger partial charge in [-0.3, -0.25) is 0 Å². The van der Waals surface area contributed by atoms with E-state index in [2.05, 4.69) is 32.7 Å². The van der Waals surface area contributed by atoms with Crippen molar-refractivity contribution in [2.24, 2.45) is 7.05 Å². The Morgan fingerprint density at radius 3 is 2.70 bits per heavy atom. The maximum atomic E-state index is 4.67. The minimum absolute atomic E-state index is 0.815. The maximum Gasteiger partial charge on any atom is 0.191 e. The fraction of sp³-hybridized carbons (Fsp3) is 0.214. The predicted octanol–water partition coefficient (Wildman–Crippen LogP) is 3.54. The van der Waals surface area contributed by atoms with Gasteiger partial charge in [-0.15, -0.1) is 21.5 Å². The predicted molar refractivity (Wildman–Crippen MR) is 82.9 cm³/mol. The summed E-state index contributed by atoms with van der Waals surface area (Å²) in [7, 11) is 1.98. The Balaban J connectivity index is 1.70. The summed E-state index contributed by atoms with van der Waals surface area (Å²) in [4.78, 5) is 4.67. The zero-order valence-electron chi connectivity index (χ0n) is 11.3. The third-order valence-corrected chi connectivity index (χ3v) is 4.97. The third-order valence-electron chi connectivity index (χ3n) is 2.97. The van der Waals surface area contributed by atoms with Crippen LogP contribution in [0, 0.1) is 6.92 Å². The minimum atomic E-state index is 0.815. The molecule has 0 bridgehead atoms. The molecule has 0 saturated heterocycles. The van der Waals surface area contributed by atoms with Gasteiger partial charge in [0, 0.05) is 23.7 Å². The second-order valence-corrected chi connectivity index (χ2v) is 6.19. The number of thiazole rings is 1. The monoisotopic (exact) mass is 302 g/mol. The molecular formula is C14H14N4S2. The topological polar surface area (TPSA) is 43.6 Å². The first kappa shape index (κ1) is 13.3. The lowest BCUT2D eigenvalue weighted by Gasteiger charge is -1.99. The second-order valence-electron chi connectivity index (χ2n) is 4.39. The van der Waals surface area contributed by atoms with Crippen LogP contribution in [0.3, 0.4) is 0 Å². The highest BCUT2D eigenvalue weighted by Gasteiger charge is 2.08. The van der Waals surface area contributed by atoms with E-state index in [1.54, 1.807) is 23.1 Å². The molecule has 0 radical (unpaired) electrons. The van der Waals surface area contributed by atoms with Gasteiger partial charge >= 0.3 is 0 Å². The lowest BCUT2D eigenvalue weighted by molar-refractivity contribution is 0.765. The number of nitrogens with zero attached hydrogens (tertiary/aromatic N) is 4. The first-order valence-corrected chi connectivity index (χ1v) is 8.09. The van der Waals surface area contributed by atoms with E-state index < -0.39 is 0 Å². The number of rotatable bonds is 4. The lowest BCUT2D eigenvalue weighted by atomic mass is 10.2. The van der Waals surface area contributed by atoms with Crippen LogP contribution in [0.2, 0.25) is 0 Å². The Kier molecular flexibility index (Phi) is 3.84. The molecule has 6 heteroatoms. The molecule has 0 spiro atoms. The average Bonchev–Trinajstić information content (AvgIpc) is 3.07. The van der Waals surface area contributed by atoms with Crippen molar-refractivity contribution in [2.45, 2.75) is 17.8 Å². The van der Waals surface area contributed by atoms with Gasteiger partial charge in [0.25, 0.3) is 0 Å². The van der Waals surface area contributed by atoms with Crippen LogP contribution in [0.5, 0.6) is 0 Å². The summed E-state index contributed by atoms with van der Waals surface area (Å²) in [6.45, 7) is 1.95. The van der Waals surface area contributed by atoms with Gasteiger partial charge in [-0.25, -0.2) is 4.98 Å². The van der Waals surface area contributed by atoms with E-state index in [0.717, 1.165) is 27.4 Å². The van der Waals surface area contributed by atoms with Crippen LogP contribution in [0.4, 0.5) is 0 Å². The number of thioether (sulfide) groups is 1. The summed E-state index contributed by atoms with van der Waals surface area (Å²) in [5.74, 6) is 1.74. The summed E-state index contributed by atoms with van der Waals surface area (Å²) >= 11 is 3.34. The minimum Gasteiger partial charge on any atom is -0.309 e. The van der Waals surface area contributed by atoms with Gasteiger partial charge in [-0.2, -0.15) is 0 Å². The van der Waals surface area contributed by atoms with Crippen molar-refractivity contribution in [3.8, 4) is 10.6 Å². The molecular weight excluding hydrogens is 288 g/mol. The van der Waals surface area contributed by atoms with Crippen molar-refractivity contribution in [3.63, 3.8) is 0 Å². The van der Waals surface area contributed by atoms with Crippen LogP contribution in [-0.2, 0) is 12.8 Å². The Hall–Kier alpha value is -1.66. The van der Waals surface area contributed by atoms with Gasteiger partial charge in [0.05, 0.1) is 5.69 Å². The first-order chi connectivity index (χ1) is 9.74. The van der Waals surface area contributed by atoms with Crippen LogP contribution >= 0.6 is 23.1 Å². The molecule has 0 amide bonds. The van der Waals surface area contributed by atoms with Crippen molar-refractivity contribution in [2.75, 3.05) is 0 Å². The van der Waals surface area contributed by atoms with Crippen LogP contribution in [0.1, 0.15) is 11.5 Å². The molecule has 4 nitrogen and oxygen atoms in total. The van der Waals surface area contributed by atoms with Crippen molar-refractivity contribution >= 4 is 23.1 Å². The Morgan fingerprint density at radius 1 is 1.20 bits per heavy atom. The average molecular weight is 302 g/mol. The maximum absolute atomic E-state index is 4.67. The van der Waals surface area contributed by atoms with Crippen LogP contribution in [-0.4, -0.2) is 19.7 Å². The SMILES string of the molecule is Cc1nnc(SCc2csc(-c3ccccc3)n2)n1C. The van der Waals surface area contributed by atoms with Crippen molar-refractivity contribution < 1.29 is 0 Å². The van der Waals surface area contributed by atoms with E-state index in [0.29, 0.717) is 0 Å². The molecule has 0 saturated carbocycles. The number of hydrogen-bond acceptors (Lipinski definition) is 5. The zero-order chi connectivity index (χ0) is 13.9. The van der Waals surface area contributed by atoms with E-state index in [1.807, 2.05) is 36.7 Å². The molecule has 0 fully saturated rings. The largest absolute Gasteiger partial charge is 0.309 e. The summed E-state index contributed by atoms with van der Waals surface area (Å²) in [5, 5.41) is 12.3. The molecule has 0 aliphatic rings. The Bertz CT molecular complexity index is 703. The summed E-state index contributed by atoms with van der Waals surface area (Å²) < 4.78 is 2.00. The zero-order valence-corrected chi connectivity index (χ0v) is 12.9. The number of aryl methyl sites for hydroxylation is 1. The van der Waals surface area contributed by atoms with Gasteiger partial charge in [0.15, 0.2) is 5.16 Å². The molecule has 3 rings (SSSR count). The molecule has 0 N–H and O–H groups in total. The van der Waals surface area contributed by atoms with Crippen LogP contribution in [0.25, 0.3) is 10.6 Å². The van der Waals surface area contributed by atoms with E-state index in [-0.39, 0.29) is 0 Å². The molecule has 2 heterocycles.